The van der Waals surface area contributed by atoms with Crippen LogP contribution in [0.5, 0.6) is 5.88 Å². The minimum Gasteiger partial charge on any atom is -0.476 e. The number of allylic oxidation sites excluding steroid dienone is 1. The van der Waals surface area contributed by atoms with Gasteiger partial charge in [-0.05, 0) is 40.5 Å². The SMILES string of the molecule is CN(C)C(=O)/C=C/CNCCOc1ccc(/C(=C(/CC(F)(F)F)c2ccccc2)c2ccc3n[nH]c(F)c3c2)cn1.Cl. The number of carbonyl (C=O) groups excluding carboxylic acids is 1. The van der Waals surface area contributed by atoms with E-state index in [-0.39, 0.29) is 41.5 Å². The predicted octanol–water partition coefficient (Wildman–Crippen LogP) is 6.04. The number of pyridine rings is 1. The monoisotopic (exact) mass is 603 g/mol. The van der Waals surface area contributed by atoms with Gasteiger partial charge in [0.25, 0.3) is 0 Å². The van der Waals surface area contributed by atoms with Crippen LogP contribution in [0.3, 0.4) is 0 Å². The van der Waals surface area contributed by atoms with Gasteiger partial charge < -0.3 is 15.0 Å². The Morgan fingerprint density at radius 3 is 2.45 bits per heavy atom. The van der Waals surface area contributed by atoms with Crippen LogP contribution in [0, 0.1) is 5.95 Å². The summed E-state index contributed by atoms with van der Waals surface area (Å²) in [6.45, 7) is 1.24. The molecule has 0 radical (unpaired) electrons. The molecule has 4 rings (SSSR count). The molecular formula is C30H30ClF4N5O2. The Morgan fingerprint density at radius 2 is 1.79 bits per heavy atom. The summed E-state index contributed by atoms with van der Waals surface area (Å²) in [5.41, 5.74) is 1.86. The highest BCUT2D eigenvalue weighted by atomic mass is 35.5. The predicted molar refractivity (Wildman–Crippen MR) is 157 cm³/mol. The van der Waals surface area contributed by atoms with Crippen molar-refractivity contribution in [2.24, 2.45) is 0 Å². The topological polar surface area (TPSA) is 83.1 Å². The van der Waals surface area contributed by atoms with Crippen LogP contribution in [-0.4, -0.2) is 66.0 Å². The highest BCUT2D eigenvalue weighted by Gasteiger charge is 2.31. The van der Waals surface area contributed by atoms with Crippen molar-refractivity contribution in [1.82, 2.24) is 25.4 Å². The standard InChI is InChI=1S/C30H29F4N5O2.ClH/c1-39(2)27(40)9-6-14-35-15-16-41-26-13-11-22(19-36-26)28(21-10-12-25-23(17-21)29(31)38-37-25)24(18-30(32,33)34)20-7-4-3-5-8-20;/h3-13,17,19,35H,14-16,18H2,1-2H3,(H,37,38);1H/b9-6+,28-24-;. The second kappa shape index (κ2) is 14.6. The Morgan fingerprint density at radius 1 is 1.05 bits per heavy atom. The molecule has 42 heavy (non-hydrogen) atoms. The minimum atomic E-state index is -4.50. The third kappa shape index (κ3) is 8.64. The maximum absolute atomic E-state index is 14.4. The van der Waals surface area contributed by atoms with E-state index in [2.05, 4.69) is 20.5 Å². The molecule has 7 nitrogen and oxygen atoms in total. The Kier molecular flexibility index (Phi) is 11.2. The highest BCUT2D eigenvalue weighted by Crippen LogP contribution is 2.40. The number of nitrogens with one attached hydrogen (secondary N) is 2. The Hall–Kier alpha value is -4.22. The van der Waals surface area contributed by atoms with E-state index in [1.54, 1.807) is 74.8 Å². The van der Waals surface area contributed by atoms with Crippen molar-refractivity contribution in [3.05, 3.63) is 102 Å². The molecule has 222 valence electrons. The molecule has 0 saturated heterocycles. The van der Waals surface area contributed by atoms with Gasteiger partial charge in [-0.25, -0.2) is 4.98 Å². The molecule has 0 fully saturated rings. The quantitative estimate of drug-likeness (QED) is 0.0945. The first-order chi connectivity index (χ1) is 19.6. The molecule has 0 atom stereocenters. The van der Waals surface area contributed by atoms with E-state index in [4.69, 9.17) is 4.74 Å². The first kappa shape index (κ1) is 32.3. The van der Waals surface area contributed by atoms with Gasteiger partial charge in [0, 0.05) is 51.1 Å². The lowest BCUT2D eigenvalue weighted by atomic mass is 9.88. The number of rotatable bonds is 11. The van der Waals surface area contributed by atoms with Gasteiger partial charge in [0.2, 0.25) is 17.7 Å². The number of alkyl halides is 3. The molecule has 1 amide bonds. The molecule has 0 saturated carbocycles. The average Bonchev–Trinajstić information content (AvgIpc) is 3.32. The summed E-state index contributed by atoms with van der Waals surface area (Å²) in [5.74, 6) is -0.489. The van der Waals surface area contributed by atoms with Gasteiger partial charge in [-0.2, -0.15) is 22.7 Å². The van der Waals surface area contributed by atoms with Crippen LogP contribution >= 0.6 is 12.4 Å². The number of aromatic nitrogens is 3. The van der Waals surface area contributed by atoms with Gasteiger partial charge in [-0.15, -0.1) is 12.4 Å². The van der Waals surface area contributed by atoms with E-state index in [0.29, 0.717) is 41.2 Å². The second-order valence-electron chi connectivity index (χ2n) is 9.35. The highest BCUT2D eigenvalue weighted by molar-refractivity contribution is 6.00. The zero-order chi connectivity index (χ0) is 29.4. The van der Waals surface area contributed by atoms with Crippen molar-refractivity contribution >= 4 is 40.4 Å². The third-order valence-electron chi connectivity index (χ3n) is 6.11. The molecule has 2 heterocycles. The van der Waals surface area contributed by atoms with Gasteiger partial charge in [-0.1, -0.05) is 42.5 Å². The fraction of sp³-hybridized carbons (Fsp3) is 0.233. The Balaban J connectivity index is 0.00000484. The van der Waals surface area contributed by atoms with Crippen molar-refractivity contribution in [2.45, 2.75) is 12.6 Å². The van der Waals surface area contributed by atoms with Crippen molar-refractivity contribution in [3.63, 3.8) is 0 Å². The summed E-state index contributed by atoms with van der Waals surface area (Å²) in [6, 6.07) is 16.2. The molecule has 2 N–H and O–H groups in total. The number of carbonyl (C=O) groups is 1. The summed E-state index contributed by atoms with van der Waals surface area (Å²) in [5, 5.41) is 9.43. The fourth-order valence-electron chi connectivity index (χ4n) is 4.16. The number of hydrogen-bond donors (Lipinski definition) is 2. The molecular weight excluding hydrogens is 574 g/mol. The molecule has 2 aromatic heterocycles. The van der Waals surface area contributed by atoms with Crippen LogP contribution in [0.1, 0.15) is 23.1 Å². The van der Waals surface area contributed by atoms with E-state index >= 15 is 0 Å². The Labute approximate surface area is 246 Å². The van der Waals surface area contributed by atoms with Crippen molar-refractivity contribution in [3.8, 4) is 5.88 Å². The van der Waals surface area contributed by atoms with Gasteiger partial charge in [0.15, 0.2) is 0 Å². The molecule has 4 aromatic rings. The van der Waals surface area contributed by atoms with Crippen LogP contribution < -0.4 is 10.1 Å². The van der Waals surface area contributed by atoms with Crippen molar-refractivity contribution < 1.29 is 27.1 Å². The Bertz CT molecular complexity index is 1540. The number of ether oxygens (including phenoxy) is 1. The molecule has 2 aromatic carbocycles. The summed E-state index contributed by atoms with van der Waals surface area (Å²) in [4.78, 5) is 17.3. The molecule has 0 bridgehead atoms. The van der Waals surface area contributed by atoms with Gasteiger partial charge in [0.1, 0.15) is 6.61 Å². The van der Waals surface area contributed by atoms with E-state index in [1.807, 2.05) is 0 Å². The lowest BCUT2D eigenvalue weighted by molar-refractivity contribution is -0.124. The first-order valence-electron chi connectivity index (χ1n) is 12.8. The lowest BCUT2D eigenvalue weighted by Gasteiger charge is -2.19. The number of likely N-dealkylation sites (N-methyl/N-ethyl adjacent to an activating group) is 1. The number of halogens is 5. The van der Waals surface area contributed by atoms with Crippen molar-refractivity contribution in [2.75, 3.05) is 33.8 Å². The lowest BCUT2D eigenvalue weighted by Crippen LogP contribution is -2.22. The van der Waals surface area contributed by atoms with Gasteiger partial charge >= 0.3 is 6.18 Å². The van der Waals surface area contributed by atoms with E-state index < -0.39 is 18.5 Å². The number of aromatic amines is 1. The molecule has 0 aliphatic rings. The summed E-state index contributed by atoms with van der Waals surface area (Å²) < 4.78 is 61.6. The van der Waals surface area contributed by atoms with Crippen LogP contribution in [0.2, 0.25) is 0 Å². The van der Waals surface area contributed by atoms with E-state index in [0.717, 1.165) is 0 Å². The van der Waals surface area contributed by atoms with Gasteiger partial charge in [0.05, 0.1) is 17.3 Å². The van der Waals surface area contributed by atoms with Gasteiger partial charge in [-0.3, -0.25) is 9.89 Å². The summed E-state index contributed by atoms with van der Waals surface area (Å²) in [6.07, 6.45) is -1.07. The number of hydrogen-bond acceptors (Lipinski definition) is 5. The second-order valence-corrected chi connectivity index (χ2v) is 9.35. The number of nitrogens with zero attached hydrogens (tertiary/aromatic N) is 3. The van der Waals surface area contributed by atoms with Crippen LogP contribution in [-0.2, 0) is 4.79 Å². The summed E-state index contributed by atoms with van der Waals surface area (Å²) >= 11 is 0. The number of H-pyrrole nitrogens is 1. The smallest absolute Gasteiger partial charge is 0.393 e. The number of benzene rings is 2. The molecule has 0 unspecified atom stereocenters. The van der Waals surface area contributed by atoms with Crippen molar-refractivity contribution in [1.29, 1.82) is 0 Å². The molecule has 0 spiro atoms. The fourth-order valence-corrected chi connectivity index (χ4v) is 4.16. The number of amides is 1. The zero-order valence-corrected chi connectivity index (χ0v) is 23.7. The molecule has 0 aliphatic carbocycles. The maximum Gasteiger partial charge on any atom is 0.393 e. The van der Waals surface area contributed by atoms with E-state index in [9.17, 15) is 22.4 Å². The normalized spacial score (nSPS) is 12.2. The average molecular weight is 604 g/mol. The van der Waals surface area contributed by atoms with Crippen LogP contribution in [0.25, 0.3) is 22.0 Å². The largest absolute Gasteiger partial charge is 0.476 e. The zero-order valence-electron chi connectivity index (χ0n) is 22.9. The minimum absolute atomic E-state index is 0. The molecule has 12 heteroatoms. The first-order valence-corrected chi connectivity index (χ1v) is 12.8. The van der Waals surface area contributed by atoms with E-state index in [1.165, 1.54) is 23.2 Å². The summed E-state index contributed by atoms with van der Waals surface area (Å²) in [7, 11) is 3.34. The maximum atomic E-state index is 14.4. The molecule has 0 aliphatic heterocycles. The van der Waals surface area contributed by atoms with Crippen LogP contribution in [0.15, 0.2) is 79.0 Å². The van der Waals surface area contributed by atoms with Crippen LogP contribution in [0.4, 0.5) is 17.6 Å². The third-order valence-corrected chi connectivity index (χ3v) is 6.11. The number of fused-ring (bicyclic) bond motifs is 1.